The van der Waals surface area contributed by atoms with Gasteiger partial charge in [-0.1, -0.05) is 18.2 Å². The summed E-state index contributed by atoms with van der Waals surface area (Å²) < 4.78 is 0. The van der Waals surface area contributed by atoms with Crippen molar-refractivity contribution in [1.29, 1.82) is 0 Å². The van der Waals surface area contributed by atoms with Crippen LogP contribution < -0.4 is 5.32 Å². The molecule has 0 aromatic heterocycles. The first-order valence-electron chi connectivity index (χ1n) is 6.66. The Morgan fingerprint density at radius 2 is 1.83 bits per heavy atom. The van der Waals surface area contributed by atoms with Crippen LogP contribution in [-0.2, 0) is 11.2 Å². The molecule has 98 valence electrons. The first-order valence-corrected chi connectivity index (χ1v) is 6.66. The van der Waals surface area contributed by atoms with Crippen molar-refractivity contribution in [1.82, 2.24) is 10.2 Å². The van der Waals surface area contributed by atoms with Gasteiger partial charge in [0, 0.05) is 32.6 Å². The molecule has 3 nitrogen and oxygen atoms in total. The molecule has 0 radical (unpaired) electrons. The lowest BCUT2D eigenvalue weighted by atomic mass is 9.98. The van der Waals surface area contributed by atoms with Gasteiger partial charge in [0.1, 0.15) is 0 Å². The second-order valence-corrected chi connectivity index (χ2v) is 5.11. The number of aryl methyl sites for hydroxylation is 2. The molecular formula is C15H22N2O. The van der Waals surface area contributed by atoms with E-state index in [-0.39, 0.29) is 0 Å². The van der Waals surface area contributed by atoms with Gasteiger partial charge in [0.25, 0.3) is 0 Å². The molecule has 0 atom stereocenters. The number of rotatable bonds is 4. The molecule has 1 saturated heterocycles. The van der Waals surface area contributed by atoms with Crippen LogP contribution in [0, 0.1) is 13.8 Å². The van der Waals surface area contributed by atoms with Crippen LogP contribution in [0.5, 0.6) is 0 Å². The summed E-state index contributed by atoms with van der Waals surface area (Å²) >= 11 is 0. The third kappa shape index (κ3) is 3.40. The largest absolute Gasteiger partial charge is 0.314 e. The third-order valence-electron chi connectivity index (χ3n) is 3.63. The second-order valence-electron chi connectivity index (χ2n) is 5.11. The Bertz CT molecular complexity index is 402. The number of carbonyl (C=O) groups is 1. The molecule has 0 spiro atoms. The van der Waals surface area contributed by atoms with Crippen LogP contribution in [0.15, 0.2) is 18.2 Å². The lowest BCUT2D eigenvalue weighted by molar-refractivity contribution is -0.119. The van der Waals surface area contributed by atoms with Crippen molar-refractivity contribution < 1.29 is 4.79 Å². The Balaban J connectivity index is 1.94. The van der Waals surface area contributed by atoms with Gasteiger partial charge in [-0.3, -0.25) is 9.69 Å². The molecule has 0 unspecified atom stereocenters. The van der Waals surface area contributed by atoms with Gasteiger partial charge >= 0.3 is 0 Å². The maximum absolute atomic E-state index is 12.1. The number of benzene rings is 1. The quantitative estimate of drug-likeness (QED) is 0.869. The molecule has 3 heteroatoms. The first-order chi connectivity index (χ1) is 8.66. The van der Waals surface area contributed by atoms with Gasteiger partial charge in [0.05, 0.1) is 6.54 Å². The lowest BCUT2D eigenvalue weighted by Crippen LogP contribution is -2.45. The predicted octanol–water partition coefficient (Wildman–Crippen LogP) is 1.32. The standard InChI is InChI=1S/C15H22N2O/c1-12-4-3-5-13(2)15(12)10-14(18)11-17-8-6-16-7-9-17/h3-5,16H,6-11H2,1-2H3. The molecule has 1 N–H and O–H groups in total. The lowest BCUT2D eigenvalue weighted by Gasteiger charge is -2.26. The van der Waals surface area contributed by atoms with Crippen LogP contribution in [0.3, 0.4) is 0 Å². The van der Waals surface area contributed by atoms with E-state index in [1.807, 2.05) is 0 Å². The van der Waals surface area contributed by atoms with Crippen molar-refractivity contribution in [3.8, 4) is 0 Å². The zero-order valence-corrected chi connectivity index (χ0v) is 11.3. The minimum atomic E-state index is 0.328. The summed E-state index contributed by atoms with van der Waals surface area (Å²) in [6, 6.07) is 6.22. The number of hydrogen-bond donors (Lipinski definition) is 1. The summed E-state index contributed by atoms with van der Waals surface area (Å²) in [7, 11) is 0. The molecule has 0 bridgehead atoms. The highest BCUT2D eigenvalue weighted by atomic mass is 16.1. The Labute approximate surface area is 109 Å². The molecule has 1 aliphatic rings. The fourth-order valence-electron chi connectivity index (χ4n) is 2.50. The fourth-order valence-corrected chi connectivity index (χ4v) is 2.50. The van der Waals surface area contributed by atoms with E-state index in [0.29, 0.717) is 18.7 Å². The molecule has 18 heavy (non-hydrogen) atoms. The highest BCUT2D eigenvalue weighted by Crippen LogP contribution is 2.14. The minimum Gasteiger partial charge on any atom is -0.314 e. The molecule has 0 amide bonds. The zero-order chi connectivity index (χ0) is 13.0. The zero-order valence-electron chi connectivity index (χ0n) is 11.3. The average Bonchev–Trinajstić information content (AvgIpc) is 2.35. The van der Waals surface area contributed by atoms with Crippen molar-refractivity contribution in [2.75, 3.05) is 32.7 Å². The normalized spacial score (nSPS) is 16.8. The second kappa shape index (κ2) is 6.12. The number of ketones is 1. The summed E-state index contributed by atoms with van der Waals surface area (Å²) in [5.74, 6) is 0.328. The van der Waals surface area contributed by atoms with Crippen LogP contribution in [0.1, 0.15) is 16.7 Å². The molecule has 0 aliphatic carbocycles. The van der Waals surface area contributed by atoms with Gasteiger partial charge in [-0.2, -0.15) is 0 Å². The molecule has 1 fully saturated rings. The van der Waals surface area contributed by atoms with E-state index in [4.69, 9.17) is 0 Å². The number of nitrogens with one attached hydrogen (secondary N) is 1. The monoisotopic (exact) mass is 246 g/mol. The molecule has 1 aromatic rings. The van der Waals surface area contributed by atoms with Crippen LogP contribution >= 0.6 is 0 Å². The topological polar surface area (TPSA) is 32.3 Å². The fraction of sp³-hybridized carbons (Fsp3) is 0.533. The van der Waals surface area contributed by atoms with E-state index in [1.54, 1.807) is 0 Å². The van der Waals surface area contributed by atoms with E-state index in [9.17, 15) is 4.79 Å². The molecular weight excluding hydrogens is 224 g/mol. The molecule has 1 aliphatic heterocycles. The Kier molecular flexibility index (Phi) is 4.50. The van der Waals surface area contributed by atoms with Gasteiger partial charge in [0.15, 0.2) is 5.78 Å². The average molecular weight is 246 g/mol. The van der Waals surface area contributed by atoms with Crippen molar-refractivity contribution in [2.45, 2.75) is 20.3 Å². The summed E-state index contributed by atoms with van der Waals surface area (Å²) in [6.07, 6.45) is 0.572. The maximum Gasteiger partial charge on any atom is 0.151 e. The summed E-state index contributed by atoms with van der Waals surface area (Å²) in [5, 5.41) is 3.30. The highest BCUT2D eigenvalue weighted by Gasteiger charge is 2.15. The number of hydrogen-bond acceptors (Lipinski definition) is 3. The van der Waals surface area contributed by atoms with Crippen LogP contribution in [-0.4, -0.2) is 43.4 Å². The number of carbonyl (C=O) groups excluding carboxylic acids is 1. The predicted molar refractivity (Wildman–Crippen MR) is 73.9 cm³/mol. The number of piperazine rings is 1. The van der Waals surface area contributed by atoms with E-state index < -0.39 is 0 Å². The Morgan fingerprint density at radius 3 is 2.44 bits per heavy atom. The summed E-state index contributed by atoms with van der Waals surface area (Å²) in [6.45, 7) is 8.72. The van der Waals surface area contributed by atoms with Gasteiger partial charge < -0.3 is 5.32 Å². The van der Waals surface area contributed by atoms with Gasteiger partial charge in [-0.15, -0.1) is 0 Å². The third-order valence-corrected chi connectivity index (χ3v) is 3.63. The van der Waals surface area contributed by atoms with Crippen molar-refractivity contribution >= 4 is 5.78 Å². The van der Waals surface area contributed by atoms with Crippen LogP contribution in [0.4, 0.5) is 0 Å². The Hall–Kier alpha value is -1.19. The number of nitrogens with zero attached hydrogens (tertiary/aromatic N) is 1. The summed E-state index contributed by atoms with van der Waals surface area (Å²) in [4.78, 5) is 14.4. The van der Waals surface area contributed by atoms with E-state index in [1.165, 1.54) is 16.7 Å². The van der Waals surface area contributed by atoms with Gasteiger partial charge in [0.2, 0.25) is 0 Å². The number of Topliss-reactive ketones (excluding diaryl/α,β-unsaturated/α-hetero) is 1. The van der Waals surface area contributed by atoms with Crippen molar-refractivity contribution in [3.63, 3.8) is 0 Å². The molecule has 1 heterocycles. The first kappa shape index (κ1) is 13.2. The Morgan fingerprint density at radius 1 is 1.22 bits per heavy atom. The van der Waals surface area contributed by atoms with Gasteiger partial charge in [-0.05, 0) is 30.5 Å². The van der Waals surface area contributed by atoms with Crippen LogP contribution in [0.2, 0.25) is 0 Å². The maximum atomic E-state index is 12.1. The SMILES string of the molecule is Cc1cccc(C)c1CC(=O)CN1CCNCC1. The van der Waals surface area contributed by atoms with Crippen LogP contribution in [0.25, 0.3) is 0 Å². The van der Waals surface area contributed by atoms with Crippen molar-refractivity contribution in [2.24, 2.45) is 0 Å². The van der Waals surface area contributed by atoms with Gasteiger partial charge in [-0.25, -0.2) is 0 Å². The molecule has 2 rings (SSSR count). The van der Waals surface area contributed by atoms with E-state index in [0.717, 1.165) is 26.2 Å². The summed E-state index contributed by atoms with van der Waals surface area (Å²) in [5.41, 5.74) is 3.66. The van der Waals surface area contributed by atoms with E-state index in [2.05, 4.69) is 42.3 Å². The van der Waals surface area contributed by atoms with Crippen molar-refractivity contribution in [3.05, 3.63) is 34.9 Å². The molecule has 0 saturated carbocycles. The molecule has 1 aromatic carbocycles. The highest BCUT2D eigenvalue weighted by molar-refractivity contribution is 5.83. The smallest absolute Gasteiger partial charge is 0.151 e. The minimum absolute atomic E-state index is 0.328. The van der Waals surface area contributed by atoms with E-state index >= 15 is 0 Å².